The zero-order chi connectivity index (χ0) is 68.3. The highest BCUT2D eigenvalue weighted by molar-refractivity contribution is 7.47. The number of carbonyl (C=O) groups excluding carboxylic acids is 2. The van der Waals surface area contributed by atoms with Crippen LogP contribution in [0.4, 0.5) is 0 Å². The number of nitrogens with zero attached hydrogens (tertiary/aromatic N) is 1. The molecule has 10 heteroatoms. The summed E-state index contributed by atoms with van der Waals surface area (Å²) in [6.07, 6.45) is 99.9. The Morgan fingerprint density at radius 2 is 0.574 bits per heavy atom. The van der Waals surface area contributed by atoms with Crippen LogP contribution in [-0.4, -0.2) is 74.9 Å². The first-order chi connectivity index (χ1) is 46.0. The minimum absolute atomic E-state index is 0.0348. The molecule has 0 spiro atoms. The molecule has 0 aliphatic rings. The highest BCUT2D eigenvalue weighted by atomic mass is 31.2. The Morgan fingerprint density at radius 3 is 0.862 bits per heavy atom. The minimum Gasteiger partial charge on any atom is -0.462 e. The topological polar surface area (TPSA) is 108 Å². The van der Waals surface area contributed by atoms with Crippen molar-refractivity contribution in [1.29, 1.82) is 0 Å². The van der Waals surface area contributed by atoms with E-state index in [-0.39, 0.29) is 25.6 Å². The monoisotopic (exact) mass is 1340 g/mol. The van der Waals surface area contributed by atoms with Gasteiger partial charge in [0.2, 0.25) is 0 Å². The first-order valence-corrected chi connectivity index (χ1v) is 42.9. The van der Waals surface area contributed by atoms with Crippen molar-refractivity contribution < 1.29 is 42.1 Å². The Morgan fingerprint density at radius 1 is 0.330 bits per heavy atom. The number of hydrogen-bond donors (Lipinski definition) is 1. The van der Waals surface area contributed by atoms with E-state index in [1.807, 2.05) is 21.1 Å². The second-order valence-corrected chi connectivity index (χ2v) is 31.0. The van der Waals surface area contributed by atoms with E-state index in [9.17, 15) is 19.0 Å². The van der Waals surface area contributed by atoms with E-state index >= 15 is 0 Å². The summed E-state index contributed by atoms with van der Waals surface area (Å²) in [5.41, 5.74) is 0. The maximum atomic E-state index is 12.9. The molecule has 94 heavy (non-hydrogen) atoms. The molecule has 0 fully saturated rings. The lowest BCUT2D eigenvalue weighted by atomic mass is 10.0. The summed E-state index contributed by atoms with van der Waals surface area (Å²) in [4.78, 5) is 36.0. The van der Waals surface area contributed by atoms with Crippen LogP contribution in [0.1, 0.15) is 425 Å². The summed E-state index contributed by atoms with van der Waals surface area (Å²) in [5.74, 6) is -0.772. The lowest BCUT2D eigenvalue weighted by Crippen LogP contribution is -2.37. The van der Waals surface area contributed by atoms with Crippen LogP contribution in [0.25, 0.3) is 0 Å². The van der Waals surface area contributed by atoms with Gasteiger partial charge in [-0.05, 0) is 77.0 Å². The lowest BCUT2D eigenvalue weighted by molar-refractivity contribution is -0.870. The van der Waals surface area contributed by atoms with Gasteiger partial charge in [0, 0.05) is 12.8 Å². The van der Waals surface area contributed by atoms with Crippen molar-refractivity contribution in [1.82, 2.24) is 0 Å². The zero-order valence-electron chi connectivity index (χ0n) is 63.5. The SMILES string of the molecule is CCCCCCC/C=C\C/C=C\C/C=C\CCCCCCCCCCCCCCCCCCCCCCCCC(=O)OC(COC(=O)CCCCCCCCCCCCCCCCCCCCCCC/C=C\CCCCCCCCCC)COP(=O)(O)OCC[N+](C)(C)C. The molecule has 0 heterocycles. The van der Waals surface area contributed by atoms with Gasteiger partial charge in [-0.2, -0.15) is 0 Å². The maximum absolute atomic E-state index is 12.9. The van der Waals surface area contributed by atoms with Crippen LogP contribution in [-0.2, 0) is 32.7 Å². The summed E-state index contributed by atoms with van der Waals surface area (Å²) in [6, 6.07) is 0. The molecule has 0 rings (SSSR count). The average molecular weight is 1340 g/mol. The quantitative estimate of drug-likeness (QED) is 0.0211. The van der Waals surface area contributed by atoms with Gasteiger partial charge >= 0.3 is 19.8 Å². The van der Waals surface area contributed by atoms with Crippen LogP contribution in [0.15, 0.2) is 48.6 Å². The first kappa shape index (κ1) is 92.0. The number of quaternary nitrogens is 1. The van der Waals surface area contributed by atoms with Gasteiger partial charge in [-0.15, -0.1) is 0 Å². The molecular formula is C84H161NO8P+. The number of unbranched alkanes of at least 4 members (excludes halogenated alkanes) is 56. The number of rotatable bonds is 78. The van der Waals surface area contributed by atoms with Gasteiger partial charge in [-0.1, -0.05) is 383 Å². The third-order valence-electron chi connectivity index (χ3n) is 18.8. The average Bonchev–Trinajstić information content (AvgIpc) is 1.56. The summed E-state index contributed by atoms with van der Waals surface area (Å²) in [7, 11) is 1.50. The molecule has 2 unspecified atom stereocenters. The fraction of sp³-hybridized carbons (Fsp3) is 0.881. The van der Waals surface area contributed by atoms with Gasteiger partial charge in [-0.25, -0.2) is 4.57 Å². The van der Waals surface area contributed by atoms with E-state index in [1.165, 1.54) is 347 Å². The fourth-order valence-corrected chi connectivity index (χ4v) is 13.2. The first-order valence-electron chi connectivity index (χ1n) is 41.4. The third kappa shape index (κ3) is 79.0. The van der Waals surface area contributed by atoms with Crippen LogP contribution >= 0.6 is 7.82 Å². The minimum atomic E-state index is -4.39. The molecule has 0 aliphatic carbocycles. The van der Waals surface area contributed by atoms with Crippen molar-refractivity contribution in [2.24, 2.45) is 0 Å². The fourth-order valence-electron chi connectivity index (χ4n) is 12.5. The highest BCUT2D eigenvalue weighted by Gasteiger charge is 2.27. The predicted octanol–water partition coefficient (Wildman–Crippen LogP) is 27.5. The van der Waals surface area contributed by atoms with Crippen LogP contribution in [0, 0.1) is 0 Å². The van der Waals surface area contributed by atoms with Gasteiger partial charge in [0.15, 0.2) is 6.10 Å². The molecule has 0 saturated carbocycles. The third-order valence-corrected chi connectivity index (χ3v) is 19.8. The number of phosphoric acid groups is 1. The van der Waals surface area contributed by atoms with Crippen molar-refractivity contribution >= 4 is 19.8 Å². The second kappa shape index (κ2) is 75.2. The van der Waals surface area contributed by atoms with Gasteiger partial charge in [0.05, 0.1) is 27.7 Å². The summed E-state index contributed by atoms with van der Waals surface area (Å²) < 4.78 is 34.9. The molecule has 0 aromatic carbocycles. The molecule has 2 atom stereocenters. The Labute approximate surface area is 585 Å². The molecule has 0 bridgehead atoms. The van der Waals surface area contributed by atoms with Gasteiger partial charge in [0.1, 0.15) is 19.8 Å². The number of carbonyl (C=O) groups is 2. The van der Waals surface area contributed by atoms with Crippen molar-refractivity contribution in [3.8, 4) is 0 Å². The molecule has 9 nitrogen and oxygen atoms in total. The Balaban J connectivity index is 3.90. The number of likely N-dealkylation sites (N-methyl/N-ethyl adjacent to an activating group) is 1. The van der Waals surface area contributed by atoms with Crippen LogP contribution in [0.3, 0.4) is 0 Å². The molecular weight excluding hydrogens is 1180 g/mol. The number of phosphoric ester groups is 1. The van der Waals surface area contributed by atoms with Crippen molar-refractivity contribution in [3.63, 3.8) is 0 Å². The number of hydrogen-bond acceptors (Lipinski definition) is 7. The summed E-state index contributed by atoms with van der Waals surface area (Å²) in [6.45, 7) is 4.50. The standard InChI is InChI=1S/C84H160NO8P/c1-6-8-10-12-14-16-18-20-22-24-26-28-30-32-34-36-38-40-41-42-43-45-47-49-51-53-55-57-59-61-63-65-67-69-71-73-75-77-84(87)93-82(81-92-94(88,89)91-79-78-85(3,4)5)80-90-83(86)76-74-72-70-68-66-64-62-60-58-56-54-52-50-48-46-44-39-37-35-33-31-29-27-25-23-21-19-17-15-13-11-9-7-2/h18,20,24-27,30,32,82H,6-17,19,21-23,28-29,31,33-81H2,1-5H3/p+1/b20-18-,26-24-,27-25-,32-30-. The van der Waals surface area contributed by atoms with Gasteiger partial charge in [0.25, 0.3) is 0 Å². The molecule has 0 aromatic rings. The van der Waals surface area contributed by atoms with Crippen LogP contribution < -0.4 is 0 Å². The van der Waals surface area contributed by atoms with E-state index in [0.717, 1.165) is 44.9 Å². The summed E-state index contributed by atoms with van der Waals surface area (Å²) in [5, 5.41) is 0. The summed E-state index contributed by atoms with van der Waals surface area (Å²) >= 11 is 0. The maximum Gasteiger partial charge on any atom is 0.472 e. The van der Waals surface area contributed by atoms with Crippen LogP contribution in [0.5, 0.6) is 0 Å². The normalized spacial score (nSPS) is 13.2. The smallest absolute Gasteiger partial charge is 0.462 e. The highest BCUT2D eigenvalue weighted by Crippen LogP contribution is 2.43. The molecule has 0 saturated heterocycles. The van der Waals surface area contributed by atoms with Crippen molar-refractivity contribution in [2.45, 2.75) is 431 Å². The zero-order valence-corrected chi connectivity index (χ0v) is 64.4. The van der Waals surface area contributed by atoms with E-state index in [4.69, 9.17) is 18.5 Å². The number of esters is 2. The second-order valence-electron chi connectivity index (χ2n) is 29.5. The van der Waals surface area contributed by atoms with Crippen molar-refractivity contribution in [3.05, 3.63) is 48.6 Å². The Bertz CT molecular complexity index is 1720. The largest absolute Gasteiger partial charge is 0.472 e. The van der Waals surface area contributed by atoms with E-state index in [1.54, 1.807) is 0 Å². The number of allylic oxidation sites excluding steroid dienone is 8. The van der Waals surface area contributed by atoms with E-state index in [0.29, 0.717) is 23.9 Å². The van der Waals surface area contributed by atoms with Gasteiger partial charge in [-0.3, -0.25) is 18.6 Å². The van der Waals surface area contributed by atoms with Gasteiger partial charge < -0.3 is 18.9 Å². The molecule has 554 valence electrons. The molecule has 0 amide bonds. The Kier molecular flexibility index (Phi) is 73.6. The number of ether oxygens (including phenoxy) is 2. The molecule has 0 radical (unpaired) electrons. The lowest BCUT2D eigenvalue weighted by Gasteiger charge is -2.24. The predicted molar refractivity (Wildman–Crippen MR) is 409 cm³/mol. The van der Waals surface area contributed by atoms with E-state index in [2.05, 4.69) is 62.5 Å². The molecule has 0 aliphatic heterocycles. The molecule has 0 aromatic heterocycles. The van der Waals surface area contributed by atoms with E-state index < -0.39 is 26.5 Å². The molecule has 1 N–H and O–H groups in total. The van der Waals surface area contributed by atoms with Crippen LogP contribution in [0.2, 0.25) is 0 Å². The Hall–Kier alpha value is -2.03. The van der Waals surface area contributed by atoms with Crippen molar-refractivity contribution in [2.75, 3.05) is 47.5 Å².